The molecule has 0 aromatic carbocycles. The van der Waals surface area contributed by atoms with Crippen molar-refractivity contribution in [2.24, 2.45) is 5.92 Å². The zero-order valence-corrected chi connectivity index (χ0v) is 10.1. The minimum Gasteiger partial charge on any atom is -0.302 e. The molecule has 0 saturated heterocycles. The van der Waals surface area contributed by atoms with Gasteiger partial charge < -0.3 is 4.90 Å². The standard InChI is InChI=1S/C13H22N2/c1-4-12(2)7-10-15(3)11-13-5-8-14-9-6-13/h5-6,8-9,12H,4,7,10-11H2,1-3H3/t12-/m0/s1. The van der Waals surface area contributed by atoms with E-state index in [0.29, 0.717) is 0 Å². The lowest BCUT2D eigenvalue weighted by Crippen LogP contribution is -2.20. The molecule has 0 spiro atoms. The van der Waals surface area contributed by atoms with Gasteiger partial charge in [-0.15, -0.1) is 0 Å². The van der Waals surface area contributed by atoms with Crippen molar-refractivity contribution >= 4 is 0 Å². The van der Waals surface area contributed by atoms with Crippen molar-refractivity contribution in [2.75, 3.05) is 13.6 Å². The lowest BCUT2D eigenvalue weighted by molar-refractivity contribution is 0.296. The van der Waals surface area contributed by atoms with E-state index in [1.54, 1.807) is 0 Å². The van der Waals surface area contributed by atoms with Crippen molar-refractivity contribution in [3.8, 4) is 0 Å². The summed E-state index contributed by atoms with van der Waals surface area (Å²) in [6.45, 7) is 6.78. The van der Waals surface area contributed by atoms with Gasteiger partial charge in [0.25, 0.3) is 0 Å². The molecule has 0 aliphatic carbocycles. The molecule has 2 nitrogen and oxygen atoms in total. The van der Waals surface area contributed by atoms with Crippen LogP contribution in [0.5, 0.6) is 0 Å². The second-order valence-electron chi connectivity index (χ2n) is 4.40. The molecule has 0 fully saturated rings. The zero-order valence-electron chi connectivity index (χ0n) is 10.1. The highest BCUT2D eigenvalue weighted by Crippen LogP contribution is 2.08. The fourth-order valence-corrected chi connectivity index (χ4v) is 1.52. The summed E-state index contributed by atoms with van der Waals surface area (Å²) in [7, 11) is 2.18. The second-order valence-corrected chi connectivity index (χ2v) is 4.40. The Kier molecular flexibility index (Phi) is 5.33. The van der Waals surface area contributed by atoms with Gasteiger partial charge in [-0.3, -0.25) is 4.98 Å². The molecule has 0 aliphatic heterocycles. The largest absolute Gasteiger partial charge is 0.302 e. The highest BCUT2D eigenvalue weighted by atomic mass is 15.1. The van der Waals surface area contributed by atoms with Crippen LogP contribution in [0.2, 0.25) is 0 Å². The van der Waals surface area contributed by atoms with Gasteiger partial charge in [-0.2, -0.15) is 0 Å². The van der Waals surface area contributed by atoms with Gasteiger partial charge in [-0.1, -0.05) is 20.3 Å². The number of aromatic nitrogens is 1. The van der Waals surface area contributed by atoms with Crippen LogP contribution in [-0.2, 0) is 6.54 Å². The van der Waals surface area contributed by atoms with Gasteiger partial charge in [0, 0.05) is 18.9 Å². The first kappa shape index (κ1) is 12.2. The minimum absolute atomic E-state index is 0.838. The lowest BCUT2D eigenvalue weighted by Gasteiger charge is -2.18. The summed E-state index contributed by atoms with van der Waals surface area (Å²) in [6.07, 6.45) is 6.29. The second kappa shape index (κ2) is 6.57. The van der Waals surface area contributed by atoms with Gasteiger partial charge >= 0.3 is 0 Å². The molecule has 1 aromatic heterocycles. The first-order valence-corrected chi connectivity index (χ1v) is 5.79. The van der Waals surface area contributed by atoms with Crippen molar-refractivity contribution < 1.29 is 0 Å². The minimum atomic E-state index is 0.838. The molecule has 1 heterocycles. The topological polar surface area (TPSA) is 16.1 Å². The Bertz CT molecular complexity index is 258. The summed E-state index contributed by atoms with van der Waals surface area (Å²) in [5, 5.41) is 0. The fraction of sp³-hybridized carbons (Fsp3) is 0.615. The summed E-state index contributed by atoms with van der Waals surface area (Å²) in [6, 6.07) is 4.17. The van der Waals surface area contributed by atoms with Crippen molar-refractivity contribution in [2.45, 2.75) is 33.2 Å². The Morgan fingerprint density at radius 1 is 1.33 bits per heavy atom. The van der Waals surface area contributed by atoms with Crippen molar-refractivity contribution in [1.82, 2.24) is 9.88 Å². The lowest BCUT2D eigenvalue weighted by atomic mass is 10.1. The van der Waals surface area contributed by atoms with Crippen LogP contribution in [0, 0.1) is 5.92 Å². The highest BCUT2D eigenvalue weighted by Gasteiger charge is 2.03. The van der Waals surface area contributed by atoms with E-state index in [0.717, 1.165) is 12.5 Å². The van der Waals surface area contributed by atoms with Crippen LogP contribution < -0.4 is 0 Å². The molecular formula is C13H22N2. The molecule has 0 aliphatic rings. The van der Waals surface area contributed by atoms with Crippen LogP contribution in [0.3, 0.4) is 0 Å². The number of hydrogen-bond donors (Lipinski definition) is 0. The maximum Gasteiger partial charge on any atom is 0.0271 e. The van der Waals surface area contributed by atoms with Crippen LogP contribution in [0.1, 0.15) is 32.3 Å². The summed E-state index contributed by atoms with van der Waals surface area (Å²) >= 11 is 0. The Morgan fingerprint density at radius 2 is 2.00 bits per heavy atom. The maximum atomic E-state index is 4.02. The van der Waals surface area contributed by atoms with Crippen molar-refractivity contribution in [1.29, 1.82) is 0 Å². The first-order chi connectivity index (χ1) is 7.22. The molecule has 84 valence electrons. The van der Waals surface area contributed by atoms with Gasteiger partial charge in [0.05, 0.1) is 0 Å². The van der Waals surface area contributed by atoms with Crippen LogP contribution in [-0.4, -0.2) is 23.5 Å². The third kappa shape index (κ3) is 4.93. The summed E-state index contributed by atoms with van der Waals surface area (Å²) in [4.78, 5) is 6.40. The van der Waals surface area contributed by atoms with Crippen molar-refractivity contribution in [3.63, 3.8) is 0 Å². The van der Waals surface area contributed by atoms with E-state index < -0.39 is 0 Å². The SMILES string of the molecule is CC[C@H](C)CCN(C)Cc1ccncc1. The van der Waals surface area contributed by atoms with E-state index in [1.807, 2.05) is 12.4 Å². The van der Waals surface area contributed by atoms with Crippen molar-refractivity contribution in [3.05, 3.63) is 30.1 Å². The van der Waals surface area contributed by atoms with E-state index in [4.69, 9.17) is 0 Å². The predicted molar refractivity (Wildman–Crippen MR) is 64.6 cm³/mol. The average molecular weight is 206 g/mol. The smallest absolute Gasteiger partial charge is 0.0271 e. The molecule has 0 saturated carbocycles. The molecular weight excluding hydrogens is 184 g/mol. The molecule has 1 rings (SSSR count). The molecule has 0 amide bonds. The van der Waals surface area contributed by atoms with Gasteiger partial charge in [0.15, 0.2) is 0 Å². The van der Waals surface area contributed by atoms with E-state index in [9.17, 15) is 0 Å². The average Bonchev–Trinajstić information content (AvgIpc) is 2.27. The first-order valence-electron chi connectivity index (χ1n) is 5.79. The van der Waals surface area contributed by atoms with Crippen LogP contribution in [0.25, 0.3) is 0 Å². The van der Waals surface area contributed by atoms with Crippen LogP contribution in [0.4, 0.5) is 0 Å². The van der Waals surface area contributed by atoms with Gasteiger partial charge in [0.1, 0.15) is 0 Å². The Hall–Kier alpha value is -0.890. The van der Waals surface area contributed by atoms with Crippen LogP contribution in [0.15, 0.2) is 24.5 Å². The number of pyridine rings is 1. The molecule has 1 aromatic rings. The Balaban J connectivity index is 2.27. The quantitative estimate of drug-likeness (QED) is 0.711. The Labute approximate surface area is 93.3 Å². The molecule has 15 heavy (non-hydrogen) atoms. The Morgan fingerprint density at radius 3 is 2.60 bits per heavy atom. The molecule has 0 N–H and O–H groups in total. The molecule has 0 bridgehead atoms. The third-order valence-electron chi connectivity index (χ3n) is 2.90. The molecule has 1 atom stereocenters. The van der Waals surface area contributed by atoms with E-state index in [2.05, 4.69) is 42.9 Å². The molecule has 2 heteroatoms. The highest BCUT2D eigenvalue weighted by molar-refractivity contribution is 5.09. The fourth-order valence-electron chi connectivity index (χ4n) is 1.52. The monoisotopic (exact) mass is 206 g/mol. The summed E-state index contributed by atoms with van der Waals surface area (Å²) in [5.41, 5.74) is 1.34. The normalized spacial score (nSPS) is 13.1. The number of nitrogens with zero attached hydrogens (tertiary/aromatic N) is 2. The van der Waals surface area contributed by atoms with E-state index >= 15 is 0 Å². The van der Waals surface area contributed by atoms with Gasteiger partial charge in [-0.25, -0.2) is 0 Å². The molecule has 0 radical (unpaired) electrons. The third-order valence-corrected chi connectivity index (χ3v) is 2.90. The van der Waals surface area contributed by atoms with Gasteiger partial charge in [0.2, 0.25) is 0 Å². The van der Waals surface area contributed by atoms with E-state index in [1.165, 1.54) is 24.9 Å². The number of rotatable bonds is 6. The van der Waals surface area contributed by atoms with Crippen LogP contribution >= 0.6 is 0 Å². The zero-order chi connectivity index (χ0) is 11.1. The summed E-state index contributed by atoms with van der Waals surface area (Å²) < 4.78 is 0. The maximum absolute atomic E-state index is 4.02. The molecule has 0 unspecified atom stereocenters. The van der Waals surface area contributed by atoms with Gasteiger partial charge in [-0.05, 0) is 43.6 Å². The predicted octanol–water partition coefficient (Wildman–Crippen LogP) is 2.95. The number of hydrogen-bond acceptors (Lipinski definition) is 2. The van der Waals surface area contributed by atoms with E-state index in [-0.39, 0.29) is 0 Å². The summed E-state index contributed by atoms with van der Waals surface area (Å²) in [5.74, 6) is 0.838.